The van der Waals surface area contributed by atoms with Crippen molar-refractivity contribution in [1.82, 2.24) is 9.78 Å². The summed E-state index contributed by atoms with van der Waals surface area (Å²) in [5, 5.41) is 4.42. The first-order chi connectivity index (χ1) is 7.59. The Bertz CT molecular complexity index is 354. The zero-order valence-corrected chi connectivity index (χ0v) is 10.6. The number of rotatable bonds is 2. The Balaban J connectivity index is 2.13. The van der Waals surface area contributed by atoms with Crippen molar-refractivity contribution >= 4 is 5.82 Å². The van der Waals surface area contributed by atoms with Crippen molar-refractivity contribution in [3.8, 4) is 0 Å². The van der Waals surface area contributed by atoms with Gasteiger partial charge in [-0.05, 0) is 31.6 Å². The molecule has 1 heterocycles. The third-order valence-electron chi connectivity index (χ3n) is 4.00. The zero-order chi connectivity index (χ0) is 11.7. The molecule has 16 heavy (non-hydrogen) atoms. The molecule has 0 spiro atoms. The van der Waals surface area contributed by atoms with Crippen LogP contribution in [0, 0.1) is 18.8 Å². The maximum absolute atomic E-state index is 6.06. The van der Waals surface area contributed by atoms with E-state index in [1.807, 2.05) is 17.8 Å². The van der Waals surface area contributed by atoms with Gasteiger partial charge in [-0.1, -0.05) is 26.7 Å². The van der Waals surface area contributed by atoms with Crippen LogP contribution in [-0.4, -0.2) is 9.78 Å². The standard InChI is InChI=1S/C13H23N3/c1-9(2)11-5-4-6-12(7-11)16-13(14)10(3)8-15-16/h8-9,11-12H,4-7,14H2,1-3H3. The molecular weight excluding hydrogens is 198 g/mol. The number of aromatic nitrogens is 2. The Labute approximate surface area is 98.0 Å². The molecule has 0 aliphatic heterocycles. The molecule has 90 valence electrons. The van der Waals surface area contributed by atoms with Crippen LogP contribution in [-0.2, 0) is 0 Å². The summed E-state index contributed by atoms with van der Waals surface area (Å²) in [6.07, 6.45) is 7.03. The maximum atomic E-state index is 6.06. The normalized spacial score (nSPS) is 26.2. The average molecular weight is 221 g/mol. The highest BCUT2D eigenvalue weighted by Crippen LogP contribution is 2.37. The van der Waals surface area contributed by atoms with Gasteiger partial charge in [-0.25, -0.2) is 4.68 Å². The van der Waals surface area contributed by atoms with E-state index in [0.717, 1.165) is 23.2 Å². The molecule has 0 saturated heterocycles. The molecule has 1 aliphatic carbocycles. The fraction of sp³-hybridized carbons (Fsp3) is 0.769. The molecule has 2 N–H and O–H groups in total. The lowest BCUT2D eigenvalue weighted by Gasteiger charge is -2.32. The summed E-state index contributed by atoms with van der Waals surface area (Å²) in [6, 6.07) is 0.523. The minimum Gasteiger partial charge on any atom is -0.384 e. The van der Waals surface area contributed by atoms with Crippen molar-refractivity contribution in [1.29, 1.82) is 0 Å². The fourth-order valence-corrected chi connectivity index (χ4v) is 2.78. The van der Waals surface area contributed by atoms with E-state index in [1.165, 1.54) is 25.7 Å². The van der Waals surface area contributed by atoms with Gasteiger partial charge < -0.3 is 5.73 Å². The molecule has 0 amide bonds. The second-order valence-electron chi connectivity index (χ2n) is 5.48. The van der Waals surface area contributed by atoms with Crippen LogP contribution in [0.25, 0.3) is 0 Å². The molecule has 2 atom stereocenters. The number of hydrogen-bond acceptors (Lipinski definition) is 2. The monoisotopic (exact) mass is 221 g/mol. The van der Waals surface area contributed by atoms with Crippen LogP contribution >= 0.6 is 0 Å². The lowest BCUT2D eigenvalue weighted by Crippen LogP contribution is -2.24. The van der Waals surface area contributed by atoms with E-state index >= 15 is 0 Å². The maximum Gasteiger partial charge on any atom is 0.124 e. The highest BCUT2D eigenvalue weighted by Gasteiger charge is 2.26. The number of nitrogens with zero attached hydrogens (tertiary/aromatic N) is 2. The number of nitrogens with two attached hydrogens (primary N) is 1. The van der Waals surface area contributed by atoms with Crippen LogP contribution in [0.4, 0.5) is 5.82 Å². The summed E-state index contributed by atoms with van der Waals surface area (Å²) >= 11 is 0. The summed E-state index contributed by atoms with van der Waals surface area (Å²) < 4.78 is 2.05. The molecule has 0 bridgehead atoms. The van der Waals surface area contributed by atoms with E-state index < -0.39 is 0 Å². The van der Waals surface area contributed by atoms with E-state index in [9.17, 15) is 0 Å². The topological polar surface area (TPSA) is 43.8 Å². The second kappa shape index (κ2) is 4.48. The molecule has 0 aromatic carbocycles. The predicted octanol–water partition coefficient (Wildman–Crippen LogP) is 3.16. The Hall–Kier alpha value is -0.990. The Kier molecular flexibility index (Phi) is 3.22. The van der Waals surface area contributed by atoms with Gasteiger partial charge >= 0.3 is 0 Å². The fourth-order valence-electron chi connectivity index (χ4n) is 2.78. The van der Waals surface area contributed by atoms with E-state index in [-0.39, 0.29) is 0 Å². The Morgan fingerprint density at radius 2 is 2.19 bits per heavy atom. The first-order valence-electron chi connectivity index (χ1n) is 6.39. The van der Waals surface area contributed by atoms with Gasteiger partial charge in [0.15, 0.2) is 0 Å². The van der Waals surface area contributed by atoms with Crippen molar-refractivity contribution in [3.05, 3.63) is 11.8 Å². The third kappa shape index (κ3) is 2.08. The molecule has 2 rings (SSSR count). The van der Waals surface area contributed by atoms with Crippen LogP contribution in [0.5, 0.6) is 0 Å². The molecule has 1 aromatic heterocycles. The molecule has 1 aromatic rings. The molecular formula is C13H23N3. The van der Waals surface area contributed by atoms with Gasteiger partial charge in [0, 0.05) is 5.56 Å². The molecule has 1 aliphatic rings. The predicted molar refractivity (Wildman–Crippen MR) is 67.2 cm³/mol. The average Bonchev–Trinajstić information content (AvgIpc) is 2.60. The number of aryl methyl sites for hydroxylation is 1. The quantitative estimate of drug-likeness (QED) is 0.833. The minimum atomic E-state index is 0.523. The summed E-state index contributed by atoms with van der Waals surface area (Å²) in [4.78, 5) is 0. The van der Waals surface area contributed by atoms with Crippen molar-refractivity contribution in [2.45, 2.75) is 52.5 Å². The van der Waals surface area contributed by atoms with Gasteiger partial charge in [-0.2, -0.15) is 5.10 Å². The minimum absolute atomic E-state index is 0.523. The largest absolute Gasteiger partial charge is 0.384 e. The molecule has 0 radical (unpaired) electrons. The number of hydrogen-bond donors (Lipinski definition) is 1. The summed E-state index contributed by atoms with van der Waals surface area (Å²) in [5.41, 5.74) is 7.16. The van der Waals surface area contributed by atoms with Crippen molar-refractivity contribution < 1.29 is 0 Å². The number of nitrogen functional groups attached to an aromatic ring is 1. The van der Waals surface area contributed by atoms with Crippen LogP contribution in [0.2, 0.25) is 0 Å². The molecule has 2 unspecified atom stereocenters. The van der Waals surface area contributed by atoms with Crippen molar-refractivity contribution in [3.63, 3.8) is 0 Å². The molecule has 3 heteroatoms. The zero-order valence-electron chi connectivity index (χ0n) is 10.6. The smallest absolute Gasteiger partial charge is 0.124 e. The first kappa shape index (κ1) is 11.5. The van der Waals surface area contributed by atoms with Crippen molar-refractivity contribution in [2.24, 2.45) is 11.8 Å². The van der Waals surface area contributed by atoms with E-state index in [1.54, 1.807) is 0 Å². The molecule has 3 nitrogen and oxygen atoms in total. The highest BCUT2D eigenvalue weighted by atomic mass is 15.3. The van der Waals surface area contributed by atoms with Crippen LogP contribution < -0.4 is 5.73 Å². The SMILES string of the molecule is Cc1cnn(C2CCCC(C(C)C)C2)c1N. The van der Waals surface area contributed by atoms with Crippen LogP contribution in [0.3, 0.4) is 0 Å². The number of anilines is 1. The van der Waals surface area contributed by atoms with Crippen molar-refractivity contribution in [2.75, 3.05) is 5.73 Å². The van der Waals surface area contributed by atoms with Gasteiger partial charge in [0.25, 0.3) is 0 Å². The Morgan fingerprint density at radius 3 is 2.75 bits per heavy atom. The van der Waals surface area contributed by atoms with Gasteiger partial charge in [0.1, 0.15) is 5.82 Å². The lowest BCUT2D eigenvalue weighted by molar-refractivity contribution is 0.208. The summed E-state index contributed by atoms with van der Waals surface area (Å²) in [5.74, 6) is 2.47. The summed E-state index contributed by atoms with van der Waals surface area (Å²) in [7, 11) is 0. The van der Waals surface area contributed by atoms with Gasteiger partial charge in [0.05, 0.1) is 12.2 Å². The van der Waals surface area contributed by atoms with Crippen LogP contribution in [0.1, 0.15) is 51.1 Å². The van der Waals surface area contributed by atoms with Gasteiger partial charge in [0.2, 0.25) is 0 Å². The molecule has 1 fully saturated rings. The van der Waals surface area contributed by atoms with E-state index in [2.05, 4.69) is 18.9 Å². The second-order valence-corrected chi connectivity index (χ2v) is 5.48. The van der Waals surface area contributed by atoms with E-state index in [0.29, 0.717) is 6.04 Å². The summed E-state index contributed by atoms with van der Waals surface area (Å²) in [6.45, 7) is 6.68. The third-order valence-corrected chi connectivity index (χ3v) is 4.00. The first-order valence-corrected chi connectivity index (χ1v) is 6.39. The van der Waals surface area contributed by atoms with E-state index in [4.69, 9.17) is 5.73 Å². The van der Waals surface area contributed by atoms with Gasteiger partial charge in [-0.15, -0.1) is 0 Å². The lowest BCUT2D eigenvalue weighted by atomic mass is 9.79. The highest BCUT2D eigenvalue weighted by molar-refractivity contribution is 5.37. The Morgan fingerprint density at radius 1 is 1.44 bits per heavy atom. The molecule has 1 saturated carbocycles. The van der Waals surface area contributed by atoms with Gasteiger partial charge in [-0.3, -0.25) is 0 Å². The van der Waals surface area contributed by atoms with Crippen LogP contribution in [0.15, 0.2) is 6.20 Å².